The molecule has 7 aromatic carbocycles. The highest BCUT2D eigenvalue weighted by molar-refractivity contribution is 6.21. The molecule has 8 N–H and O–H groups in total. The second kappa shape index (κ2) is 20.2. The number of nitrogens with zero attached hydrogens (tertiary/aromatic N) is 2. The quantitative estimate of drug-likeness (QED) is 0.0568. The molecule has 378 valence electrons. The zero-order chi connectivity index (χ0) is 52.7. The molecule has 3 heterocycles. The van der Waals surface area contributed by atoms with E-state index in [2.05, 4.69) is 14.9 Å². The lowest BCUT2D eigenvalue weighted by atomic mass is 9.84. The first kappa shape index (κ1) is 49.2. The number of H-pyrrole nitrogens is 1. The molecule has 2 unspecified atom stereocenters. The smallest absolute Gasteiger partial charge is 0.366 e. The Morgan fingerprint density at radius 3 is 1.87 bits per heavy atom. The van der Waals surface area contributed by atoms with E-state index in [1.807, 2.05) is 103 Å². The SMILES string of the molecule is Cc1cc(OC(NC(=O)C2CCCc3[nH]c4ccccc4c32)C(=O)O)c2c3c(C(N)=O)cccc3n(Cc3ccccc3)c2c1.Cc1cc(OCC(=O)O)c2c3c(C(N)=O)cccc3n(Cc3cccc(F)c3)c2c1. The molecule has 16 heteroatoms. The molecule has 11 rings (SSSR count). The summed E-state index contributed by atoms with van der Waals surface area (Å²) in [5.41, 5.74) is 21.4. The number of ether oxygens (including phenoxy) is 2. The average Bonchev–Trinajstić information content (AvgIpc) is 4.03. The van der Waals surface area contributed by atoms with E-state index in [0.29, 0.717) is 57.9 Å². The second-order valence-electron chi connectivity index (χ2n) is 18.8. The summed E-state index contributed by atoms with van der Waals surface area (Å²) in [5.74, 6) is -4.35. The monoisotopic (exact) mass is 1010 g/mol. The van der Waals surface area contributed by atoms with E-state index in [4.69, 9.17) is 26.0 Å². The first-order valence-corrected chi connectivity index (χ1v) is 24.3. The van der Waals surface area contributed by atoms with Gasteiger partial charge in [-0.3, -0.25) is 14.4 Å². The van der Waals surface area contributed by atoms with Crippen molar-refractivity contribution in [2.75, 3.05) is 6.61 Å². The van der Waals surface area contributed by atoms with Crippen molar-refractivity contribution in [1.29, 1.82) is 0 Å². The molecule has 0 bridgehead atoms. The Balaban J connectivity index is 0.000000186. The van der Waals surface area contributed by atoms with Gasteiger partial charge in [-0.2, -0.15) is 0 Å². The van der Waals surface area contributed by atoms with Crippen molar-refractivity contribution < 1.29 is 48.0 Å². The van der Waals surface area contributed by atoms with Crippen LogP contribution < -0.4 is 26.3 Å². The van der Waals surface area contributed by atoms with Gasteiger partial charge in [0.05, 0.1) is 38.8 Å². The highest BCUT2D eigenvalue weighted by Gasteiger charge is 2.34. The number of carboxylic acids is 2. The third kappa shape index (κ3) is 9.56. The number of nitrogens with two attached hydrogens (primary N) is 2. The van der Waals surface area contributed by atoms with Crippen LogP contribution in [0.3, 0.4) is 0 Å². The number of halogens is 1. The summed E-state index contributed by atoms with van der Waals surface area (Å²) in [6.07, 6.45) is 0.539. The zero-order valence-electron chi connectivity index (χ0n) is 40.9. The highest BCUT2D eigenvalue weighted by atomic mass is 19.1. The molecule has 10 aromatic rings. The number of para-hydroxylation sites is 1. The second-order valence-corrected chi connectivity index (χ2v) is 18.8. The van der Waals surface area contributed by atoms with Crippen LogP contribution >= 0.6 is 0 Å². The lowest BCUT2D eigenvalue weighted by Crippen LogP contribution is -2.47. The Hall–Kier alpha value is -9.44. The van der Waals surface area contributed by atoms with Crippen LogP contribution in [0, 0.1) is 19.7 Å². The molecule has 1 aliphatic carbocycles. The summed E-state index contributed by atoms with van der Waals surface area (Å²) in [5, 5.41) is 25.3. The Morgan fingerprint density at radius 1 is 0.680 bits per heavy atom. The van der Waals surface area contributed by atoms with Crippen LogP contribution in [-0.4, -0.2) is 66.8 Å². The largest absolute Gasteiger partial charge is 0.481 e. The van der Waals surface area contributed by atoms with E-state index in [1.165, 1.54) is 12.1 Å². The summed E-state index contributed by atoms with van der Waals surface area (Å²) in [6, 6.07) is 41.9. The van der Waals surface area contributed by atoms with Crippen LogP contribution in [0.15, 0.2) is 140 Å². The van der Waals surface area contributed by atoms with Gasteiger partial charge in [-0.25, -0.2) is 14.0 Å². The topological polar surface area (TPSA) is 234 Å². The van der Waals surface area contributed by atoms with Gasteiger partial charge in [-0.1, -0.05) is 72.8 Å². The first-order chi connectivity index (χ1) is 36.1. The molecule has 3 aromatic heterocycles. The number of amides is 3. The number of rotatable bonds is 14. The molecule has 0 aliphatic heterocycles. The lowest BCUT2D eigenvalue weighted by molar-refractivity contribution is -0.149. The molecular formula is C59H51FN6O9. The number of carbonyl (C=O) groups is 5. The van der Waals surface area contributed by atoms with E-state index < -0.39 is 48.4 Å². The van der Waals surface area contributed by atoms with E-state index in [-0.39, 0.29) is 11.6 Å². The number of aromatic nitrogens is 3. The van der Waals surface area contributed by atoms with E-state index in [0.717, 1.165) is 79.3 Å². The fourth-order valence-electron chi connectivity index (χ4n) is 10.6. The summed E-state index contributed by atoms with van der Waals surface area (Å²) in [4.78, 5) is 65.7. The summed E-state index contributed by atoms with van der Waals surface area (Å²) >= 11 is 0. The van der Waals surface area contributed by atoms with Gasteiger partial charge in [-0.05, 0) is 128 Å². The van der Waals surface area contributed by atoms with Crippen molar-refractivity contribution in [2.24, 2.45) is 11.5 Å². The molecule has 0 fully saturated rings. The van der Waals surface area contributed by atoms with Crippen LogP contribution in [-0.2, 0) is 33.9 Å². The van der Waals surface area contributed by atoms with Gasteiger partial charge in [0.15, 0.2) is 6.61 Å². The Labute approximate surface area is 428 Å². The number of carbonyl (C=O) groups excluding carboxylic acids is 3. The number of hydrogen-bond acceptors (Lipinski definition) is 7. The van der Waals surface area contributed by atoms with E-state index in [9.17, 15) is 33.5 Å². The molecule has 0 spiro atoms. The number of aryl methyl sites for hydroxylation is 3. The number of aromatic amines is 1. The zero-order valence-corrected chi connectivity index (χ0v) is 40.9. The Morgan fingerprint density at radius 2 is 1.25 bits per heavy atom. The molecule has 0 saturated heterocycles. The standard InChI is InChI=1S/C36H32N4O5.C23H19FN2O4/c1-20-17-28-32(31-23(33(37)41)12-8-16-27(31)40(28)19-21-9-3-2-4-10-21)29(18-20)45-35(36(43)44)39-34(42)24-13-7-15-26-30(24)22-11-5-6-14-25(22)38-26;1-13-8-18-22(19(9-13)30-12-20(27)28)21-16(23(25)29)6-3-7-17(21)26(18)11-14-4-2-5-15(24)10-14/h2-6,8-12,14,16-18,24,35,38H,7,13,15,19H2,1H3,(H2,37,41)(H,39,42)(H,43,44);2-10H,11-12H2,1H3,(H2,25,29)(H,27,28). The Kier molecular flexibility index (Phi) is 13.3. The van der Waals surface area contributed by atoms with Crippen molar-refractivity contribution in [3.8, 4) is 11.5 Å². The molecule has 75 heavy (non-hydrogen) atoms. The maximum absolute atomic E-state index is 13.8. The number of fused-ring (bicyclic) bond motifs is 9. The number of nitrogens with one attached hydrogen (secondary N) is 2. The summed E-state index contributed by atoms with van der Waals surface area (Å²) in [6.45, 7) is 4.09. The van der Waals surface area contributed by atoms with Gasteiger partial charge in [0, 0.05) is 51.6 Å². The predicted molar refractivity (Wildman–Crippen MR) is 284 cm³/mol. The van der Waals surface area contributed by atoms with Gasteiger partial charge < -0.3 is 50.6 Å². The average molecular weight is 1010 g/mol. The summed E-state index contributed by atoms with van der Waals surface area (Å²) in [7, 11) is 0. The number of primary amides is 2. The van der Waals surface area contributed by atoms with Crippen molar-refractivity contribution in [3.05, 3.63) is 190 Å². The first-order valence-electron chi connectivity index (χ1n) is 24.3. The fraction of sp³-hybridized carbons (Fsp3) is 0.169. The highest BCUT2D eigenvalue weighted by Crippen LogP contribution is 2.42. The van der Waals surface area contributed by atoms with E-state index >= 15 is 0 Å². The fourth-order valence-corrected chi connectivity index (χ4v) is 10.6. The minimum absolute atomic E-state index is 0.236. The molecule has 0 saturated carbocycles. The van der Waals surface area contributed by atoms with Crippen LogP contribution in [0.4, 0.5) is 4.39 Å². The minimum atomic E-state index is -1.67. The number of carboxylic acid groups (broad SMARTS) is 2. The predicted octanol–water partition coefficient (Wildman–Crippen LogP) is 9.61. The maximum Gasteiger partial charge on any atom is 0.366 e. The molecule has 1 aliphatic rings. The van der Waals surface area contributed by atoms with Crippen molar-refractivity contribution in [1.82, 2.24) is 19.4 Å². The normalized spacial score (nSPS) is 13.6. The van der Waals surface area contributed by atoms with Gasteiger partial charge in [0.25, 0.3) is 6.23 Å². The van der Waals surface area contributed by atoms with Crippen LogP contribution in [0.25, 0.3) is 54.5 Å². The lowest BCUT2D eigenvalue weighted by Gasteiger charge is -2.25. The summed E-state index contributed by atoms with van der Waals surface area (Å²) < 4.78 is 29.5. The maximum atomic E-state index is 13.8. The van der Waals surface area contributed by atoms with Crippen molar-refractivity contribution in [3.63, 3.8) is 0 Å². The van der Waals surface area contributed by atoms with Crippen LogP contribution in [0.5, 0.6) is 11.5 Å². The molecule has 0 radical (unpaired) electrons. The van der Waals surface area contributed by atoms with Crippen LogP contribution in [0.1, 0.15) is 73.0 Å². The molecule has 2 atom stereocenters. The third-order valence-corrected chi connectivity index (χ3v) is 13.6. The Bertz CT molecular complexity index is 3930. The number of benzene rings is 7. The van der Waals surface area contributed by atoms with Gasteiger partial charge in [-0.15, -0.1) is 0 Å². The van der Waals surface area contributed by atoms with Crippen molar-refractivity contribution >= 4 is 84.2 Å². The van der Waals surface area contributed by atoms with Gasteiger partial charge in [0.2, 0.25) is 17.7 Å². The van der Waals surface area contributed by atoms with Gasteiger partial charge in [0.1, 0.15) is 17.3 Å². The van der Waals surface area contributed by atoms with Crippen molar-refractivity contribution in [2.45, 2.75) is 58.3 Å². The molecular weight excluding hydrogens is 956 g/mol. The van der Waals surface area contributed by atoms with Crippen LogP contribution in [0.2, 0.25) is 0 Å². The molecule has 15 nitrogen and oxygen atoms in total. The number of aliphatic carboxylic acids is 2. The van der Waals surface area contributed by atoms with E-state index in [1.54, 1.807) is 42.5 Å². The minimum Gasteiger partial charge on any atom is -0.481 e. The third-order valence-electron chi connectivity index (χ3n) is 13.6. The van der Waals surface area contributed by atoms with Gasteiger partial charge >= 0.3 is 11.9 Å². The number of hydrogen-bond donors (Lipinski definition) is 6. The molecule has 3 amide bonds.